The van der Waals surface area contributed by atoms with E-state index in [-0.39, 0.29) is 22.4 Å². The molecule has 4 nitrogen and oxygen atoms in total. The molecular weight excluding hydrogens is 287 g/mol. The number of rotatable bonds is 4. The van der Waals surface area contributed by atoms with Crippen molar-refractivity contribution in [1.82, 2.24) is 0 Å². The van der Waals surface area contributed by atoms with Gasteiger partial charge in [-0.25, -0.2) is 12.8 Å². The van der Waals surface area contributed by atoms with E-state index < -0.39 is 15.7 Å². The third-order valence-corrected chi connectivity index (χ3v) is 5.21. The molecule has 1 aliphatic heterocycles. The Morgan fingerprint density at radius 1 is 1.53 bits per heavy atom. The lowest BCUT2D eigenvalue weighted by Crippen LogP contribution is -2.19. The minimum Gasteiger partial charge on any atom is -0.389 e. The Bertz CT molecular complexity index is 602. The van der Waals surface area contributed by atoms with Crippen molar-refractivity contribution in [3.8, 4) is 0 Å². The van der Waals surface area contributed by atoms with Crippen LogP contribution in [0.4, 0.5) is 10.1 Å². The van der Waals surface area contributed by atoms with Gasteiger partial charge in [0.15, 0.2) is 9.84 Å². The molecule has 0 spiro atoms. The third-order valence-electron chi connectivity index (χ3n) is 3.16. The van der Waals surface area contributed by atoms with E-state index in [0.29, 0.717) is 24.2 Å². The minimum atomic E-state index is -2.88. The Balaban J connectivity index is 2.06. The van der Waals surface area contributed by atoms with Gasteiger partial charge in [-0.3, -0.25) is 0 Å². The van der Waals surface area contributed by atoms with Crippen molar-refractivity contribution in [2.75, 3.05) is 23.4 Å². The van der Waals surface area contributed by atoms with Crippen LogP contribution in [-0.2, 0) is 9.84 Å². The standard InChI is InChI=1S/C12H15FN2O2S2/c13-9-1-2-11(10(5-9)12(14)18)15-6-8-3-4-19(16,17)7-8/h1-2,5,8,15H,3-4,6-7H2,(H2,14,18). The number of halogens is 1. The number of anilines is 1. The average Bonchev–Trinajstić information content (AvgIpc) is 2.67. The van der Waals surface area contributed by atoms with Crippen LogP contribution in [0.3, 0.4) is 0 Å². The summed E-state index contributed by atoms with van der Waals surface area (Å²) in [5.74, 6) is 0.111. The lowest BCUT2D eigenvalue weighted by Gasteiger charge is -2.14. The molecule has 3 N–H and O–H groups in total. The van der Waals surface area contributed by atoms with Crippen LogP contribution in [0.2, 0.25) is 0 Å². The average molecular weight is 302 g/mol. The van der Waals surface area contributed by atoms with Crippen molar-refractivity contribution in [2.24, 2.45) is 11.7 Å². The highest BCUT2D eigenvalue weighted by atomic mass is 32.2. The van der Waals surface area contributed by atoms with E-state index in [0.717, 1.165) is 0 Å². The zero-order valence-electron chi connectivity index (χ0n) is 10.2. The Morgan fingerprint density at radius 3 is 2.84 bits per heavy atom. The molecule has 1 saturated heterocycles. The largest absolute Gasteiger partial charge is 0.389 e. The van der Waals surface area contributed by atoms with Gasteiger partial charge in [0, 0.05) is 17.8 Å². The molecular formula is C12H15FN2O2S2. The molecule has 1 fully saturated rings. The summed E-state index contributed by atoms with van der Waals surface area (Å²) < 4.78 is 35.8. The highest BCUT2D eigenvalue weighted by Gasteiger charge is 2.27. The first-order chi connectivity index (χ1) is 8.87. The summed E-state index contributed by atoms with van der Waals surface area (Å²) in [7, 11) is -2.88. The number of sulfone groups is 1. The fourth-order valence-electron chi connectivity index (χ4n) is 2.16. The second kappa shape index (κ2) is 5.42. The van der Waals surface area contributed by atoms with Gasteiger partial charge >= 0.3 is 0 Å². The maximum atomic E-state index is 13.1. The van der Waals surface area contributed by atoms with Crippen LogP contribution < -0.4 is 11.1 Å². The molecule has 0 amide bonds. The molecule has 1 atom stereocenters. The van der Waals surface area contributed by atoms with E-state index in [1.807, 2.05) is 0 Å². The molecule has 0 bridgehead atoms. The van der Waals surface area contributed by atoms with Crippen LogP contribution in [0.5, 0.6) is 0 Å². The summed E-state index contributed by atoms with van der Waals surface area (Å²) in [4.78, 5) is 0.112. The van der Waals surface area contributed by atoms with Crippen LogP contribution in [0.15, 0.2) is 18.2 Å². The predicted octanol–water partition coefficient (Wildman–Crippen LogP) is 1.31. The smallest absolute Gasteiger partial charge is 0.150 e. The lowest BCUT2D eigenvalue weighted by molar-refractivity contribution is 0.596. The van der Waals surface area contributed by atoms with Crippen molar-refractivity contribution in [3.05, 3.63) is 29.6 Å². The molecule has 1 heterocycles. The van der Waals surface area contributed by atoms with Gasteiger partial charge in [-0.05, 0) is 30.5 Å². The molecule has 1 aliphatic rings. The van der Waals surface area contributed by atoms with Crippen molar-refractivity contribution in [1.29, 1.82) is 0 Å². The molecule has 1 unspecified atom stereocenters. The maximum Gasteiger partial charge on any atom is 0.150 e. The van der Waals surface area contributed by atoms with Crippen LogP contribution in [0.1, 0.15) is 12.0 Å². The first-order valence-corrected chi connectivity index (χ1v) is 8.14. The maximum absolute atomic E-state index is 13.1. The number of nitrogens with two attached hydrogens (primary N) is 1. The van der Waals surface area contributed by atoms with Gasteiger partial charge in [-0.2, -0.15) is 0 Å². The van der Waals surface area contributed by atoms with E-state index in [2.05, 4.69) is 5.32 Å². The Kier molecular flexibility index (Phi) is 4.05. The molecule has 0 aromatic heterocycles. The molecule has 1 aromatic rings. The summed E-state index contributed by atoms with van der Waals surface area (Å²) >= 11 is 4.87. The van der Waals surface area contributed by atoms with Crippen molar-refractivity contribution in [2.45, 2.75) is 6.42 Å². The Hall–Kier alpha value is -1.21. The van der Waals surface area contributed by atoms with Gasteiger partial charge in [0.25, 0.3) is 0 Å². The summed E-state index contributed by atoms with van der Waals surface area (Å²) in [6.07, 6.45) is 0.652. The normalized spacial score (nSPS) is 21.2. The van der Waals surface area contributed by atoms with E-state index >= 15 is 0 Å². The summed E-state index contributed by atoms with van der Waals surface area (Å²) in [5, 5.41) is 3.10. The van der Waals surface area contributed by atoms with Gasteiger partial charge in [-0.15, -0.1) is 0 Å². The van der Waals surface area contributed by atoms with E-state index in [9.17, 15) is 12.8 Å². The molecule has 7 heteroatoms. The Morgan fingerprint density at radius 2 is 2.26 bits per heavy atom. The van der Waals surface area contributed by atoms with Crippen molar-refractivity contribution < 1.29 is 12.8 Å². The molecule has 0 radical (unpaired) electrons. The van der Waals surface area contributed by atoms with Gasteiger partial charge in [-0.1, -0.05) is 12.2 Å². The SMILES string of the molecule is NC(=S)c1cc(F)ccc1NCC1CCS(=O)(=O)C1. The molecule has 0 aliphatic carbocycles. The molecule has 19 heavy (non-hydrogen) atoms. The van der Waals surface area contributed by atoms with Gasteiger partial charge < -0.3 is 11.1 Å². The third kappa shape index (κ3) is 3.63. The lowest BCUT2D eigenvalue weighted by atomic mass is 10.1. The monoisotopic (exact) mass is 302 g/mol. The summed E-state index contributed by atoms with van der Waals surface area (Å²) in [6.45, 7) is 0.514. The fraction of sp³-hybridized carbons (Fsp3) is 0.417. The van der Waals surface area contributed by atoms with Gasteiger partial charge in [0.1, 0.15) is 10.8 Å². The molecule has 2 rings (SSSR count). The Labute approximate surface area is 117 Å². The number of benzene rings is 1. The fourth-order valence-corrected chi connectivity index (χ4v) is 4.19. The molecule has 0 saturated carbocycles. The van der Waals surface area contributed by atoms with Crippen molar-refractivity contribution >= 4 is 32.7 Å². The predicted molar refractivity (Wildman–Crippen MR) is 77.5 cm³/mol. The van der Waals surface area contributed by atoms with Gasteiger partial charge in [0.05, 0.1) is 11.5 Å². The van der Waals surface area contributed by atoms with Gasteiger partial charge in [0.2, 0.25) is 0 Å². The summed E-state index contributed by atoms with van der Waals surface area (Å²) in [5.41, 5.74) is 6.62. The van der Waals surface area contributed by atoms with Crippen LogP contribution >= 0.6 is 12.2 Å². The topological polar surface area (TPSA) is 72.2 Å². The van der Waals surface area contributed by atoms with E-state index in [1.165, 1.54) is 12.1 Å². The minimum absolute atomic E-state index is 0.0780. The highest BCUT2D eigenvalue weighted by Crippen LogP contribution is 2.21. The number of nitrogens with one attached hydrogen (secondary N) is 1. The first kappa shape index (κ1) is 14.2. The number of hydrogen-bond acceptors (Lipinski definition) is 4. The van der Waals surface area contributed by atoms with Crippen molar-refractivity contribution in [3.63, 3.8) is 0 Å². The quantitative estimate of drug-likeness (QED) is 0.821. The van der Waals surface area contributed by atoms with Crippen LogP contribution in [-0.4, -0.2) is 31.5 Å². The molecule has 1 aromatic carbocycles. The summed E-state index contributed by atoms with van der Waals surface area (Å²) in [6, 6.07) is 4.15. The molecule has 104 valence electrons. The van der Waals surface area contributed by atoms with E-state index in [1.54, 1.807) is 6.07 Å². The van der Waals surface area contributed by atoms with Crippen LogP contribution in [0, 0.1) is 11.7 Å². The van der Waals surface area contributed by atoms with Crippen LogP contribution in [0.25, 0.3) is 0 Å². The highest BCUT2D eigenvalue weighted by molar-refractivity contribution is 7.91. The zero-order valence-corrected chi connectivity index (χ0v) is 11.9. The number of thiocarbonyl (C=S) groups is 1. The zero-order chi connectivity index (χ0) is 14.0. The first-order valence-electron chi connectivity index (χ1n) is 5.91. The second-order valence-corrected chi connectivity index (χ2v) is 7.37. The van der Waals surface area contributed by atoms with E-state index in [4.69, 9.17) is 18.0 Å². The second-order valence-electron chi connectivity index (χ2n) is 4.70. The number of hydrogen-bond donors (Lipinski definition) is 2.